The molecule has 0 bridgehead atoms. The Morgan fingerprint density at radius 3 is 1.67 bits per heavy atom. The fourth-order valence-corrected chi connectivity index (χ4v) is 4.42. The quantitative estimate of drug-likeness (QED) is 0.309. The van der Waals surface area contributed by atoms with Crippen LogP contribution in [-0.4, -0.2) is 5.11 Å². The van der Waals surface area contributed by atoms with Gasteiger partial charge in [-0.2, -0.15) is 0 Å². The summed E-state index contributed by atoms with van der Waals surface area (Å²) in [5.41, 5.74) is 7.35. The minimum atomic E-state index is 0.470. The molecule has 0 saturated heterocycles. The van der Waals surface area contributed by atoms with Gasteiger partial charge in [-0.25, -0.2) is 0 Å². The van der Waals surface area contributed by atoms with Crippen molar-refractivity contribution in [1.82, 2.24) is 0 Å². The summed E-state index contributed by atoms with van der Waals surface area (Å²) in [6.45, 7) is 8.80. The normalized spacial score (nSPS) is 11.2. The van der Waals surface area contributed by atoms with Gasteiger partial charge in [-0.3, -0.25) is 0 Å². The van der Waals surface area contributed by atoms with E-state index in [0.29, 0.717) is 5.75 Å². The van der Waals surface area contributed by atoms with Crippen molar-refractivity contribution >= 4 is 0 Å². The number of aromatic hydroxyl groups is 1. The zero-order valence-electron chi connectivity index (χ0n) is 20.0. The van der Waals surface area contributed by atoms with Crippen molar-refractivity contribution in [3.05, 3.63) is 52.6 Å². The van der Waals surface area contributed by atoms with E-state index in [9.17, 15) is 5.11 Å². The van der Waals surface area contributed by atoms with E-state index in [1.807, 2.05) is 0 Å². The first kappa shape index (κ1) is 24.5. The molecule has 0 atom stereocenters. The third-order valence-electron chi connectivity index (χ3n) is 6.22. The molecule has 0 radical (unpaired) electrons. The summed E-state index contributed by atoms with van der Waals surface area (Å²) >= 11 is 0. The highest BCUT2D eigenvalue weighted by Crippen LogP contribution is 2.35. The average Bonchev–Trinajstić information content (AvgIpc) is 2.74. The van der Waals surface area contributed by atoms with Gasteiger partial charge in [-0.15, -0.1) is 0 Å². The maximum Gasteiger partial charge on any atom is 0.126 e. The Kier molecular flexibility index (Phi) is 11.0. The number of unbranched alkanes of at least 4 members (excludes halogenated alkanes) is 8. The van der Waals surface area contributed by atoms with Crippen LogP contribution in [0.2, 0.25) is 0 Å². The molecule has 0 aliphatic carbocycles. The largest absolute Gasteiger partial charge is 0.507 e. The van der Waals surface area contributed by atoms with Gasteiger partial charge in [0.25, 0.3) is 0 Å². The molecule has 0 fully saturated rings. The van der Waals surface area contributed by atoms with Crippen molar-refractivity contribution in [1.29, 1.82) is 0 Å². The first-order valence-electron chi connectivity index (χ1n) is 12.5. The third kappa shape index (κ3) is 7.82. The monoisotopic (exact) mass is 408 g/mol. The lowest BCUT2D eigenvalue weighted by Crippen LogP contribution is -1.95. The number of aryl methyl sites for hydroxylation is 4. The van der Waals surface area contributed by atoms with Crippen molar-refractivity contribution < 1.29 is 5.11 Å². The van der Waals surface area contributed by atoms with Crippen LogP contribution in [0, 0.1) is 6.92 Å². The number of phenols is 1. The highest BCUT2D eigenvalue weighted by atomic mass is 16.3. The maximum atomic E-state index is 10.9. The molecule has 30 heavy (non-hydrogen) atoms. The predicted octanol–water partition coefficient (Wildman–Crippen LogP) is 8.96. The molecule has 0 saturated carbocycles. The van der Waals surface area contributed by atoms with E-state index in [-0.39, 0.29) is 0 Å². The molecule has 0 aromatic heterocycles. The molecule has 0 aliphatic rings. The van der Waals surface area contributed by atoms with Crippen LogP contribution in [0.5, 0.6) is 5.75 Å². The number of benzene rings is 2. The van der Waals surface area contributed by atoms with Crippen molar-refractivity contribution in [2.45, 2.75) is 111 Å². The number of rotatable bonds is 14. The highest BCUT2D eigenvalue weighted by Gasteiger charge is 2.12. The number of hydrogen-bond acceptors (Lipinski definition) is 1. The second-order valence-electron chi connectivity index (χ2n) is 9.04. The molecule has 1 nitrogen and oxygen atoms in total. The molecule has 2 aromatic rings. The first-order chi connectivity index (χ1) is 14.6. The second-order valence-corrected chi connectivity index (χ2v) is 9.04. The highest BCUT2D eigenvalue weighted by molar-refractivity contribution is 5.74. The van der Waals surface area contributed by atoms with E-state index in [1.54, 1.807) is 0 Å². The predicted molar refractivity (Wildman–Crippen MR) is 133 cm³/mol. The Labute approximate surface area is 185 Å². The SMILES string of the molecule is CCCCCCCc1cc(CCCCCCC)cc(-c2cc(C)cc(CC)c2O)c1. The van der Waals surface area contributed by atoms with E-state index in [0.717, 1.165) is 30.4 Å². The molecule has 2 rings (SSSR count). The van der Waals surface area contributed by atoms with Gasteiger partial charge in [-0.05, 0) is 72.9 Å². The van der Waals surface area contributed by atoms with Crippen LogP contribution >= 0.6 is 0 Å². The third-order valence-corrected chi connectivity index (χ3v) is 6.22. The fraction of sp³-hybridized carbons (Fsp3) is 0.586. The van der Waals surface area contributed by atoms with E-state index in [4.69, 9.17) is 0 Å². The maximum absolute atomic E-state index is 10.9. The zero-order valence-corrected chi connectivity index (χ0v) is 20.0. The van der Waals surface area contributed by atoms with Crippen LogP contribution in [-0.2, 0) is 19.3 Å². The van der Waals surface area contributed by atoms with Crippen molar-refractivity contribution in [3.63, 3.8) is 0 Å². The number of hydrogen-bond donors (Lipinski definition) is 1. The summed E-state index contributed by atoms with van der Waals surface area (Å²) in [5, 5.41) is 10.9. The van der Waals surface area contributed by atoms with Crippen LogP contribution < -0.4 is 0 Å². The standard InChI is InChI=1S/C29H44O/c1-5-8-10-12-14-16-24-20-25(17-15-13-11-9-6-2)22-27(21-24)28-19-23(4)18-26(7-3)29(28)30/h18-22,30H,5-17H2,1-4H3. The van der Waals surface area contributed by atoms with E-state index in [1.165, 1.54) is 86.5 Å². The van der Waals surface area contributed by atoms with Gasteiger partial charge in [0.05, 0.1) is 0 Å². The summed E-state index contributed by atoms with van der Waals surface area (Å²) in [6, 6.07) is 11.4. The number of phenolic OH excluding ortho intramolecular Hbond substituents is 1. The summed E-state index contributed by atoms with van der Waals surface area (Å²) in [5.74, 6) is 0.470. The molecule has 1 N–H and O–H groups in total. The van der Waals surface area contributed by atoms with Crippen LogP contribution in [0.1, 0.15) is 107 Å². The molecule has 0 aliphatic heterocycles. The molecular formula is C29H44O. The molecule has 0 heterocycles. The lowest BCUT2D eigenvalue weighted by molar-refractivity contribution is 0.470. The van der Waals surface area contributed by atoms with Gasteiger partial charge in [0.2, 0.25) is 0 Å². The van der Waals surface area contributed by atoms with Crippen LogP contribution in [0.4, 0.5) is 0 Å². The van der Waals surface area contributed by atoms with Crippen LogP contribution in [0.25, 0.3) is 11.1 Å². The van der Waals surface area contributed by atoms with E-state index < -0.39 is 0 Å². The minimum Gasteiger partial charge on any atom is -0.507 e. The summed E-state index contributed by atoms with van der Waals surface area (Å²) in [7, 11) is 0. The summed E-state index contributed by atoms with van der Waals surface area (Å²) in [4.78, 5) is 0. The topological polar surface area (TPSA) is 20.2 Å². The van der Waals surface area contributed by atoms with Crippen molar-refractivity contribution in [3.8, 4) is 16.9 Å². The Balaban J connectivity index is 2.23. The van der Waals surface area contributed by atoms with Gasteiger partial charge in [0.15, 0.2) is 0 Å². The summed E-state index contributed by atoms with van der Waals surface area (Å²) in [6.07, 6.45) is 16.3. The smallest absolute Gasteiger partial charge is 0.126 e. The van der Waals surface area contributed by atoms with Gasteiger partial charge in [0.1, 0.15) is 5.75 Å². The lowest BCUT2D eigenvalue weighted by atomic mass is 9.92. The Morgan fingerprint density at radius 2 is 1.17 bits per heavy atom. The molecule has 0 spiro atoms. The Morgan fingerprint density at radius 1 is 0.633 bits per heavy atom. The minimum absolute atomic E-state index is 0.470. The molecule has 0 unspecified atom stereocenters. The average molecular weight is 409 g/mol. The summed E-state index contributed by atoms with van der Waals surface area (Å²) < 4.78 is 0. The van der Waals surface area contributed by atoms with Gasteiger partial charge >= 0.3 is 0 Å². The molecular weight excluding hydrogens is 364 g/mol. The van der Waals surface area contributed by atoms with Crippen LogP contribution in [0.15, 0.2) is 30.3 Å². The van der Waals surface area contributed by atoms with Crippen molar-refractivity contribution in [2.24, 2.45) is 0 Å². The van der Waals surface area contributed by atoms with Gasteiger partial charge in [0, 0.05) is 5.56 Å². The molecule has 2 aromatic carbocycles. The Hall–Kier alpha value is -1.76. The second kappa shape index (κ2) is 13.5. The molecule has 166 valence electrons. The van der Waals surface area contributed by atoms with Crippen molar-refractivity contribution in [2.75, 3.05) is 0 Å². The molecule has 1 heteroatoms. The first-order valence-corrected chi connectivity index (χ1v) is 12.5. The van der Waals surface area contributed by atoms with Gasteiger partial charge in [-0.1, -0.05) is 96.4 Å². The molecule has 0 amide bonds. The van der Waals surface area contributed by atoms with E-state index >= 15 is 0 Å². The lowest BCUT2D eigenvalue weighted by Gasteiger charge is -2.14. The van der Waals surface area contributed by atoms with Gasteiger partial charge < -0.3 is 5.11 Å². The Bertz CT molecular complexity index is 727. The zero-order chi connectivity index (χ0) is 21.8. The van der Waals surface area contributed by atoms with Crippen LogP contribution in [0.3, 0.4) is 0 Å². The fourth-order valence-electron chi connectivity index (χ4n) is 4.42. The van der Waals surface area contributed by atoms with E-state index in [2.05, 4.69) is 58.0 Å².